The van der Waals surface area contributed by atoms with Crippen LogP contribution >= 0.6 is 35.3 Å². The minimum absolute atomic E-state index is 0. The second-order valence-corrected chi connectivity index (χ2v) is 8.57. The summed E-state index contributed by atoms with van der Waals surface area (Å²) >= 11 is 1.65. The first kappa shape index (κ1) is 24.1. The molecule has 1 aliphatic rings. The SMILES string of the molecule is CCNC(=NCC1(c2ccccc2C)CC1)N(C)Cc1csc(C(C)OC)n1.I. The fourth-order valence-electron chi connectivity index (χ4n) is 3.53. The Labute approximate surface area is 196 Å². The molecule has 5 nitrogen and oxygen atoms in total. The van der Waals surface area contributed by atoms with Gasteiger partial charge in [-0.3, -0.25) is 4.99 Å². The van der Waals surface area contributed by atoms with Crippen LogP contribution in [0.25, 0.3) is 0 Å². The van der Waals surface area contributed by atoms with E-state index < -0.39 is 0 Å². The fraction of sp³-hybridized carbons (Fsp3) is 0.545. The molecule has 1 aromatic carbocycles. The number of ether oxygens (including phenoxy) is 1. The van der Waals surface area contributed by atoms with Crippen LogP contribution < -0.4 is 5.32 Å². The van der Waals surface area contributed by atoms with E-state index >= 15 is 0 Å². The number of thiazole rings is 1. The van der Waals surface area contributed by atoms with Crippen LogP contribution in [0.2, 0.25) is 0 Å². The minimum atomic E-state index is 0. The van der Waals surface area contributed by atoms with E-state index in [1.165, 1.54) is 24.0 Å². The summed E-state index contributed by atoms with van der Waals surface area (Å²) in [5.74, 6) is 0.941. The van der Waals surface area contributed by atoms with Crippen LogP contribution in [0.15, 0.2) is 34.6 Å². The predicted octanol–water partition coefficient (Wildman–Crippen LogP) is 4.91. The third kappa shape index (κ3) is 5.92. The molecule has 160 valence electrons. The van der Waals surface area contributed by atoms with E-state index in [1.807, 2.05) is 6.92 Å². The van der Waals surface area contributed by atoms with Crippen molar-refractivity contribution in [3.8, 4) is 0 Å². The average Bonchev–Trinajstić information content (AvgIpc) is 3.34. The van der Waals surface area contributed by atoms with Gasteiger partial charge in [0.05, 0.1) is 18.8 Å². The summed E-state index contributed by atoms with van der Waals surface area (Å²) in [5.41, 5.74) is 4.09. The molecule has 0 amide bonds. The number of guanidine groups is 1. The first-order valence-electron chi connectivity index (χ1n) is 10.0. The van der Waals surface area contributed by atoms with Crippen molar-refractivity contribution in [2.45, 2.75) is 51.7 Å². The number of benzene rings is 1. The fourth-order valence-corrected chi connectivity index (χ4v) is 4.37. The third-order valence-corrected chi connectivity index (χ3v) is 6.52. The minimum Gasteiger partial charge on any atom is -0.375 e. The maximum Gasteiger partial charge on any atom is 0.194 e. The van der Waals surface area contributed by atoms with Crippen LogP contribution in [-0.4, -0.2) is 43.1 Å². The largest absolute Gasteiger partial charge is 0.375 e. The lowest BCUT2D eigenvalue weighted by molar-refractivity contribution is 0.119. The van der Waals surface area contributed by atoms with Crippen LogP contribution in [0.4, 0.5) is 0 Å². The number of nitrogens with zero attached hydrogens (tertiary/aromatic N) is 3. The molecule has 3 rings (SSSR count). The second-order valence-electron chi connectivity index (χ2n) is 7.68. The molecule has 1 heterocycles. The van der Waals surface area contributed by atoms with Crippen molar-refractivity contribution in [3.63, 3.8) is 0 Å². The Hall–Kier alpha value is -1.19. The van der Waals surface area contributed by atoms with Crippen molar-refractivity contribution in [2.75, 3.05) is 27.2 Å². The molecule has 0 saturated heterocycles. The van der Waals surface area contributed by atoms with Crippen LogP contribution in [-0.2, 0) is 16.7 Å². The zero-order valence-electron chi connectivity index (χ0n) is 18.1. The molecule has 29 heavy (non-hydrogen) atoms. The molecule has 7 heteroatoms. The number of aliphatic imine (C=N–C) groups is 1. The second kappa shape index (κ2) is 10.7. The zero-order chi connectivity index (χ0) is 20.1. The van der Waals surface area contributed by atoms with Crippen LogP contribution in [0.3, 0.4) is 0 Å². The summed E-state index contributed by atoms with van der Waals surface area (Å²) in [6, 6.07) is 8.73. The molecule has 1 saturated carbocycles. The first-order valence-corrected chi connectivity index (χ1v) is 10.9. The number of rotatable bonds is 8. The van der Waals surface area contributed by atoms with E-state index in [0.29, 0.717) is 0 Å². The number of aromatic nitrogens is 1. The summed E-state index contributed by atoms with van der Waals surface area (Å²) in [6.07, 6.45) is 2.47. The number of nitrogens with one attached hydrogen (secondary N) is 1. The number of hydrogen-bond acceptors (Lipinski definition) is 4. The average molecular weight is 529 g/mol. The van der Waals surface area contributed by atoms with Gasteiger partial charge in [0.2, 0.25) is 0 Å². The molecule has 1 fully saturated rings. The summed E-state index contributed by atoms with van der Waals surface area (Å²) in [6.45, 7) is 8.75. The van der Waals surface area contributed by atoms with Crippen LogP contribution in [0, 0.1) is 6.92 Å². The van der Waals surface area contributed by atoms with E-state index in [2.05, 4.69) is 60.8 Å². The topological polar surface area (TPSA) is 49.8 Å². The van der Waals surface area contributed by atoms with Crippen molar-refractivity contribution in [3.05, 3.63) is 51.5 Å². The van der Waals surface area contributed by atoms with E-state index in [0.717, 1.165) is 36.3 Å². The molecule has 2 aromatic rings. The van der Waals surface area contributed by atoms with E-state index in [-0.39, 0.29) is 35.5 Å². The highest BCUT2D eigenvalue weighted by Gasteiger charge is 2.45. The Morgan fingerprint density at radius 3 is 2.72 bits per heavy atom. The molecular formula is C22H33IN4OS. The van der Waals surface area contributed by atoms with Gasteiger partial charge in [-0.1, -0.05) is 24.3 Å². The van der Waals surface area contributed by atoms with Gasteiger partial charge < -0.3 is 15.0 Å². The molecule has 1 aromatic heterocycles. The van der Waals surface area contributed by atoms with Gasteiger partial charge in [-0.15, -0.1) is 35.3 Å². The molecule has 1 N–H and O–H groups in total. The van der Waals surface area contributed by atoms with E-state index in [4.69, 9.17) is 14.7 Å². The lowest BCUT2D eigenvalue weighted by atomic mass is 9.92. The zero-order valence-corrected chi connectivity index (χ0v) is 21.2. The molecule has 1 aliphatic carbocycles. The quantitative estimate of drug-likeness (QED) is 0.301. The standard InChI is InChI=1S/C22H32N4OS.HI/c1-6-23-21(26(4)13-18-14-28-20(25-18)17(3)27-5)24-15-22(11-12-22)19-10-8-7-9-16(19)2;/h7-10,14,17H,6,11-13,15H2,1-5H3,(H,23,24);1H. The molecule has 0 spiro atoms. The lowest BCUT2D eigenvalue weighted by Crippen LogP contribution is -2.39. The van der Waals surface area contributed by atoms with Crippen molar-refractivity contribution in [1.82, 2.24) is 15.2 Å². The van der Waals surface area contributed by atoms with E-state index in [1.54, 1.807) is 18.4 Å². The number of halogens is 1. The highest BCUT2D eigenvalue weighted by Crippen LogP contribution is 2.49. The monoisotopic (exact) mass is 528 g/mol. The highest BCUT2D eigenvalue weighted by atomic mass is 127. The molecule has 1 unspecified atom stereocenters. The maximum absolute atomic E-state index is 5.37. The summed E-state index contributed by atoms with van der Waals surface area (Å²) in [4.78, 5) is 11.9. The van der Waals surface area contributed by atoms with Gasteiger partial charge in [-0.2, -0.15) is 0 Å². The molecular weight excluding hydrogens is 495 g/mol. The smallest absolute Gasteiger partial charge is 0.194 e. The maximum atomic E-state index is 5.37. The molecule has 0 aliphatic heterocycles. The van der Waals surface area contributed by atoms with Crippen molar-refractivity contribution < 1.29 is 4.74 Å². The summed E-state index contributed by atoms with van der Waals surface area (Å²) in [7, 11) is 3.80. The van der Waals surface area contributed by atoms with Crippen LogP contribution in [0.5, 0.6) is 0 Å². The normalized spacial score (nSPS) is 16.1. The van der Waals surface area contributed by atoms with Crippen molar-refractivity contribution in [2.24, 2.45) is 4.99 Å². The van der Waals surface area contributed by atoms with Gasteiger partial charge in [0, 0.05) is 31.5 Å². The Bertz CT molecular complexity index is 819. The number of hydrogen-bond donors (Lipinski definition) is 1. The van der Waals surface area contributed by atoms with E-state index in [9.17, 15) is 0 Å². The number of aryl methyl sites for hydroxylation is 1. The molecule has 1 atom stereocenters. The third-order valence-electron chi connectivity index (χ3n) is 5.47. The Balaban J connectivity index is 0.00000300. The van der Waals surface area contributed by atoms with Gasteiger partial charge >= 0.3 is 0 Å². The van der Waals surface area contributed by atoms with Gasteiger partial charge in [-0.25, -0.2) is 4.98 Å². The van der Waals surface area contributed by atoms with Gasteiger partial charge in [0.15, 0.2) is 5.96 Å². The predicted molar refractivity (Wildman–Crippen MR) is 132 cm³/mol. The Morgan fingerprint density at radius 1 is 1.38 bits per heavy atom. The van der Waals surface area contributed by atoms with Crippen molar-refractivity contribution >= 4 is 41.3 Å². The van der Waals surface area contributed by atoms with Gasteiger partial charge in [0.1, 0.15) is 11.1 Å². The number of methoxy groups -OCH3 is 1. The Morgan fingerprint density at radius 2 is 2.10 bits per heavy atom. The van der Waals surface area contributed by atoms with Crippen LogP contribution in [0.1, 0.15) is 54.6 Å². The highest BCUT2D eigenvalue weighted by molar-refractivity contribution is 14.0. The van der Waals surface area contributed by atoms with Crippen molar-refractivity contribution in [1.29, 1.82) is 0 Å². The Kier molecular flexibility index (Phi) is 8.91. The first-order chi connectivity index (χ1) is 13.5. The van der Waals surface area contributed by atoms with Gasteiger partial charge in [0.25, 0.3) is 0 Å². The molecule has 0 bridgehead atoms. The molecule has 0 radical (unpaired) electrons. The van der Waals surface area contributed by atoms with Gasteiger partial charge in [-0.05, 0) is 44.7 Å². The lowest BCUT2D eigenvalue weighted by Gasteiger charge is -2.23. The summed E-state index contributed by atoms with van der Waals surface area (Å²) in [5, 5.41) is 6.57. The summed E-state index contributed by atoms with van der Waals surface area (Å²) < 4.78 is 5.37.